The number of piperidine rings is 1. The summed E-state index contributed by atoms with van der Waals surface area (Å²) in [6, 6.07) is 3.93. The molecule has 2 aliphatic heterocycles. The maximum Gasteiger partial charge on any atom is 0.261 e. The molecule has 0 atom stereocenters. The monoisotopic (exact) mass is 343 g/mol. The number of anilines is 1. The lowest BCUT2D eigenvalue weighted by Crippen LogP contribution is -2.43. The number of nitrogens with zero attached hydrogens (tertiary/aromatic N) is 5. The van der Waals surface area contributed by atoms with Crippen LogP contribution in [0.1, 0.15) is 18.7 Å². The van der Waals surface area contributed by atoms with Gasteiger partial charge >= 0.3 is 0 Å². The number of aryl methyl sites for hydroxylation is 1. The molecule has 2 aromatic rings. The first-order chi connectivity index (χ1) is 12.3. The lowest BCUT2D eigenvalue weighted by molar-refractivity contribution is 0.0289. The third-order valence-electron chi connectivity index (χ3n) is 5.08. The van der Waals surface area contributed by atoms with Crippen molar-refractivity contribution in [3.8, 4) is 11.5 Å². The van der Waals surface area contributed by atoms with E-state index < -0.39 is 0 Å². The summed E-state index contributed by atoms with van der Waals surface area (Å²) in [5.74, 6) is 2.91. The molecular formula is C18H25N5O2. The topological polar surface area (TPSA) is 67.5 Å². The van der Waals surface area contributed by atoms with Crippen LogP contribution in [0.15, 0.2) is 22.9 Å². The van der Waals surface area contributed by atoms with Gasteiger partial charge in [-0.25, -0.2) is 4.98 Å². The summed E-state index contributed by atoms with van der Waals surface area (Å²) < 4.78 is 10.8. The average Bonchev–Trinajstić information content (AvgIpc) is 3.10. The average molecular weight is 343 g/mol. The summed E-state index contributed by atoms with van der Waals surface area (Å²) >= 11 is 0. The van der Waals surface area contributed by atoms with Gasteiger partial charge in [-0.1, -0.05) is 5.16 Å². The molecule has 2 fully saturated rings. The second-order valence-corrected chi connectivity index (χ2v) is 6.86. The molecule has 134 valence electrons. The van der Waals surface area contributed by atoms with E-state index in [0.717, 1.165) is 56.7 Å². The van der Waals surface area contributed by atoms with E-state index in [4.69, 9.17) is 9.26 Å². The minimum atomic E-state index is 0.552. The smallest absolute Gasteiger partial charge is 0.261 e. The lowest BCUT2D eigenvalue weighted by atomic mass is 9.95. The fraction of sp³-hybridized carbons (Fsp3) is 0.611. The molecule has 0 aliphatic carbocycles. The van der Waals surface area contributed by atoms with Gasteiger partial charge in [-0.2, -0.15) is 4.98 Å². The first-order valence-electron chi connectivity index (χ1n) is 9.10. The fourth-order valence-electron chi connectivity index (χ4n) is 3.70. The van der Waals surface area contributed by atoms with E-state index in [1.54, 1.807) is 0 Å². The van der Waals surface area contributed by atoms with Crippen LogP contribution >= 0.6 is 0 Å². The Kier molecular flexibility index (Phi) is 4.94. The standard InChI is InChI=1S/C18H25N5O2/c1-14-20-18(25-21-14)16-3-2-6-19-17(16)23-7-4-15(5-8-23)13-22-9-11-24-12-10-22/h2-3,6,15H,4-5,7-13H2,1H3. The predicted octanol–water partition coefficient (Wildman–Crippen LogP) is 1.99. The summed E-state index contributed by atoms with van der Waals surface area (Å²) in [5.41, 5.74) is 0.926. The summed E-state index contributed by atoms with van der Waals surface area (Å²) in [7, 11) is 0. The number of aromatic nitrogens is 3. The zero-order valence-electron chi connectivity index (χ0n) is 14.7. The van der Waals surface area contributed by atoms with E-state index in [1.165, 1.54) is 19.4 Å². The Morgan fingerprint density at radius 2 is 1.96 bits per heavy atom. The van der Waals surface area contributed by atoms with Crippen LogP contribution in [-0.2, 0) is 4.74 Å². The molecule has 0 amide bonds. The molecular weight excluding hydrogens is 318 g/mol. The van der Waals surface area contributed by atoms with Gasteiger partial charge in [-0.15, -0.1) is 0 Å². The highest BCUT2D eigenvalue weighted by atomic mass is 16.5. The Labute approximate surface area is 148 Å². The Hall–Kier alpha value is -1.99. The Morgan fingerprint density at radius 3 is 2.68 bits per heavy atom. The maximum absolute atomic E-state index is 5.44. The Balaban J connectivity index is 1.41. The third-order valence-corrected chi connectivity index (χ3v) is 5.08. The van der Waals surface area contributed by atoms with E-state index in [0.29, 0.717) is 11.7 Å². The third kappa shape index (κ3) is 3.82. The minimum Gasteiger partial charge on any atom is -0.379 e. The van der Waals surface area contributed by atoms with Crippen molar-refractivity contribution >= 4 is 5.82 Å². The van der Waals surface area contributed by atoms with Crippen molar-refractivity contribution in [2.75, 3.05) is 50.8 Å². The zero-order chi connectivity index (χ0) is 17.1. The van der Waals surface area contributed by atoms with Crippen LogP contribution in [0.25, 0.3) is 11.5 Å². The van der Waals surface area contributed by atoms with Crippen molar-refractivity contribution in [1.82, 2.24) is 20.0 Å². The number of ether oxygens (including phenoxy) is 1. The molecule has 0 spiro atoms. The second-order valence-electron chi connectivity index (χ2n) is 6.86. The van der Waals surface area contributed by atoms with Crippen LogP contribution in [0, 0.1) is 12.8 Å². The molecule has 2 saturated heterocycles. The van der Waals surface area contributed by atoms with E-state index >= 15 is 0 Å². The van der Waals surface area contributed by atoms with Crippen LogP contribution in [0.2, 0.25) is 0 Å². The number of hydrogen-bond acceptors (Lipinski definition) is 7. The van der Waals surface area contributed by atoms with Crippen molar-refractivity contribution < 1.29 is 9.26 Å². The van der Waals surface area contributed by atoms with Crippen LogP contribution in [0.4, 0.5) is 5.82 Å². The van der Waals surface area contributed by atoms with Gasteiger partial charge < -0.3 is 14.2 Å². The number of pyridine rings is 1. The quantitative estimate of drug-likeness (QED) is 0.841. The van der Waals surface area contributed by atoms with Gasteiger partial charge in [0.25, 0.3) is 5.89 Å². The zero-order valence-corrected chi connectivity index (χ0v) is 14.7. The van der Waals surface area contributed by atoms with Crippen LogP contribution in [0.5, 0.6) is 0 Å². The van der Waals surface area contributed by atoms with Gasteiger partial charge in [0.15, 0.2) is 5.82 Å². The SMILES string of the molecule is Cc1noc(-c2cccnc2N2CCC(CN3CCOCC3)CC2)n1. The van der Waals surface area contributed by atoms with Gasteiger partial charge in [0.1, 0.15) is 5.82 Å². The molecule has 0 aromatic carbocycles. The molecule has 7 nitrogen and oxygen atoms in total. The van der Waals surface area contributed by atoms with Crippen LogP contribution in [-0.4, -0.2) is 66.0 Å². The number of hydrogen-bond donors (Lipinski definition) is 0. The molecule has 0 N–H and O–H groups in total. The molecule has 0 unspecified atom stereocenters. The van der Waals surface area contributed by atoms with E-state index in [2.05, 4.69) is 24.9 Å². The van der Waals surface area contributed by atoms with Crippen molar-refractivity contribution in [2.24, 2.45) is 5.92 Å². The molecule has 0 bridgehead atoms. The van der Waals surface area contributed by atoms with Gasteiger partial charge in [-0.3, -0.25) is 4.90 Å². The predicted molar refractivity (Wildman–Crippen MR) is 94.5 cm³/mol. The summed E-state index contributed by atoms with van der Waals surface area (Å²) in [6.45, 7) is 8.95. The molecule has 2 aliphatic rings. The van der Waals surface area contributed by atoms with Crippen molar-refractivity contribution in [3.63, 3.8) is 0 Å². The van der Waals surface area contributed by atoms with Gasteiger partial charge in [0, 0.05) is 38.9 Å². The first-order valence-corrected chi connectivity index (χ1v) is 9.10. The normalized spacial score (nSPS) is 20.1. The highest BCUT2D eigenvalue weighted by molar-refractivity contribution is 5.69. The van der Waals surface area contributed by atoms with E-state index in [1.807, 2.05) is 25.3 Å². The van der Waals surface area contributed by atoms with E-state index in [-0.39, 0.29) is 0 Å². The molecule has 0 saturated carbocycles. The largest absolute Gasteiger partial charge is 0.379 e. The second kappa shape index (κ2) is 7.49. The maximum atomic E-state index is 5.44. The van der Waals surface area contributed by atoms with E-state index in [9.17, 15) is 0 Å². The summed E-state index contributed by atoms with van der Waals surface area (Å²) in [5, 5.41) is 3.91. The molecule has 4 rings (SSSR count). The van der Waals surface area contributed by atoms with Gasteiger partial charge in [0.05, 0.1) is 18.8 Å². The number of morpholine rings is 1. The lowest BCUT2D eigenvalue weighted by Gasteiger charge is -2.36. The van der Waals surface area contributed by atoms with Crippen LogP contribution in [0.3, 0.4) is 0 Å². The van der Waals surface area contributed by atoms with Crippen molar-refractivity contribution in [2.45, 2.75) is 19.8 Å². The first kappa shape index (κ1) is 16.5. The van der Waals surface area contributed by atoms with Gasteiger partial charge in [0.2, 0.25) is 0 Å². The van der Waals surface area contributed by atoms with Crippen molar-refractivity contribution in [3.05, 3.63) is 24.2 Å². The molecule has 25 heavy (non-hydrogen) atoms. The molecule has 7 heteroatoms. The highest BCUT2D eigenvalue weighted by Gasteiger charge is 2.25. The van der Waals surface area contributed by atoms with Gasteiger partial charge in [-0.05, 0) is 37.8 Å². The highest BCUT2D eigenvalue weighted by Crippen LogP contribution is 2.30. The summed E-state index contributed by atoms with van der Waals surface area (Å²) in [6.07, 6.45) is 4.22. The minimum absolute atomic E-state index is 0.552. The van der Waals surface area contributed by atoms with Crippen LogP contribution < -0.4 is 4.90 Å². The summed E-state index contributed by atoms with van der Waals surface area (Å²) in [4.78, 5) is 13.9. The number of rotatable bonds is 4. The Morgan fingerprint density at radius 1 is 1.16 bits per heavy atom. The molecule has 4 heterocycles. The fourth-order valence-corrected chi connectivity index (χ4v) is 3.70. The molecule has 0 radical (unpaired) electrons. The Bertz CT molecular complexity index is 690. The molecule has 2 aromatic heterocycles. The van der Waals surface area contributed by atoms with Crippen molar-refractivity contribution in [1.29, 1.82) is 0 Å².